The van der Waals surface area contributed by atoms with Gasteiger partial charge >= 0.3 is 0 Å². The molecule has 8 nitrogen and oxygen atoms in total. The zero-order valence-corrected chi connectivity index (χ0v) is 29.1. The molecule has 2 aromatic rings. The van der Waals surface area contributed by atoms with Crippen LogP contribution in [0.5, 0.6) is 5.75 Å². The van der Waals surface area contributed by atoms with E-state index >= 15 is 0 Å². The fourth-order valence-electron chi connectivity index (χ4n) is 7.67. The smallest absolute Gasteiger partial charge is 0.264 e. The number of sulfonamides is 1. The summed E-state index contributed by atoms with van der Waals surface area (Å²) in [7, 11) is 0.0192. The van der Waals surface area contributed by atoms with Crippen molar-refractivity contribution in [1.29, 1.82) is 0 Å². The van der Waals surface area contributed by atoms with Crippen molar-refractivity contribution in [3.05, 3.63) is 64.7 Å². The van der Waals surface area contributed by atoms with Gasteiger partial charge in [0.05, 0.1) is 29.9 Å². The summed E-state index contributed by atoms with van der Waals surface area (Å²) in [4.78, 5) is 17.8. The Bertz CT molecular complexity index is 1580. The average molecular weight is 670 g/mol. The molecule has 1 fully saturated rings. The summed E-state index contributed by atoms with van der Waals surface area (Å²) >= 11 is 6.44. The molecule has 1 N–H and O–H groups in total. The van der Waals surface area contributed by atoms with E-state index in [4.69, 9.17) is 21.1 Å². The second kappa shape index (κ2) is 13.5. The fraction of sp³-hybridized carbons (Fsp3) is 0.583. The molecular formula is C36H48ClN3O5S. The van der Waals surface area contributed by atoms with E-state index in [-0.39, 0.29) is 22.3 Å². The van der Waals surface area contributed by atoms with Crippen LogP contribution < -0.4 is 14.4 Å². The average Bonchev–Trinajstić information content (AvgIpc) is 3.14. The molecule has 0 aromatic heterocycles. The van der Waals surface area contributed by atoms with Gasteiger partial charge in [-0.2, -0.15) is 0 Å². The molecule has 0 radical (unpaired) electrons. The number of hydrogen-bond donors (Lipinski definition) is 1. The molecular weight excluding hydrogens is 622 g/mol. The van der Waals surface area contributed by atoms with Crippen molar-refractivity contribution in [3.63, 3.8) is 0 Å². The number of anilines is 1. The first kappa shape index (κ1) is 33.3. The number of amides is 1. The molecule has 2 aliphatic heterocycles. The van der Waals surface area contributed by atoms with Gasteiger partial charge in [0.25, 0.3) is 10.0 Å². The van der Waals surface area contributed by atoms with Gasteiger partial charge in [0.1, 0.15) is 5.75 Å². The second-order valence-corrected chi connectivity index (χ2v) is 16.4. The normalized spacial score (nSPS) is 31.6. The van der Waals surface area contributed by atoms with Crippen molar-refractivity contribution < 1.29 is 22.7 Å². The summed E-state index contributed by atoms with van der Waals surface area (Å²) in [5, 5.41) is 0.741. The Morgan fingerprint density at radius 1 is 1.15 bits per heavy atom. The Morgan fingerprint density at radius 3 is 2.74 bits per heavy atom. The number of benzene rings is 2. The molecule has 6 atom stereocenters. The summed E-state index contributed by atoms with van der Waals surface area (Å²) in [6.45, 7) is 7.22. The number of ether oxygens (including phenoxy) is 2. The van der Waals surface area contributed by atoms with Gasteiger partial charge in [-0.3, -0.25) is 4.79 Å². The number of halogens is 1. The third-order valence-electron chi connectivity index (χ3n) is 10.9. The van der Waals surface area contributed by atoms with Crippen LogP contribution in [0.25, 0.3) is 0 Å². The fourth-order valence-corrected chi connectivity index (χ4v) is 8.94. The van der Waals surface area contributed by atoms with Crippen LogP contribution >= 0.6 is 11.6 Å². The van der Waals surface area contributed by atoms with Crippen LogP contribution in [0, 0.1) is 23.7 Å². The third-order valence-corrected chi connectivity index (χ3v) is 12.4. The number of nitrogens with one attached hydrogen (secondary N) is 1. The van der Waals surface area contributed by atoms with Gasteiger partial charge < -0.3 is 19.3 Å². The maximum atomic E-state index is 13.6. The maximum absolute atomic E-state index is 13.6. The monoisotopic (exact) mass is 669 g/mol. The lowest BCUT2D eigenvalue weighted by Crippen LogP contribution is -2.49. The highest BCUT2D eigenvalue weighted by atomic mass is 35.5. The molecule has 0 unspecified atom stereocenters. The predicted octanol–water partition coefficient (Wildman–Crippen LogP) is 5.82. The van der Waals surface area contributed by atoms with Crippen molar-refractivity contribution >= 4 is 33.2 Å². The van der Waals surface area contributed by atoms with E-state index in [1.165, 1.54) is 11.1 Å². The van der Waals surface area contributed by atoms with Crippen LogP contribution in [0.4, 0.5) is 5.69 Å². The molecule has 2 aromatic carbocycles. The summed E-state index contributed by atoms with van der Waals surface area (Å²) in [5.41, 5.74) is 3.02. The molecule has 0 saturated heterocycles. The lowest BCUT2D eigenvalue weighted by molar-refractivity contribution is -0.124. The largest absolute Gasteiger partial charge is 0.490 e. The van der Waals surface area contributed by atoms with Crippen molar-refractivity contribution in [1.82, 2.24) is 9.62 Å². The minimum absolute atomic E-state index is 0.0242. The van der Waals surface area contributed by atoms with E-state index < -0.39 is 21.8 Å². The van der Waals surface area contributed by atoms with Crippen molar-refractivity contribution in [2.45, 2.75) is 68.8 Å². The van der Waals surface area contributed by atoms with E-state index in [0.29, 0.717) is 43.8 Å². The number of allylic oxidation sites excluding steroid dienone is 1. The molecule has 1 amide bonds. The second-order valence-electron chi connectivity index (χ2n) is 14.3. The van der Waals surface area contributed by atoms with Gasteiger partial charge in [0.15, 0.2) is 0 Å². The standard InChI is InChI=1S/C36H48ClN3O5S/c1-24-7-5-9-33(44-18-17-39(3)4)30-13-10-27(30)21-40-22-36(16-6-8-26-19-28(37)11-14-31(26)36)23-45-34-15-12-29(20-32(34)40)46(42,43)38-35(41)25(24)2/h5,9,11-12,14-15,19-20,24-25,27,30,33H,6-8,10,13,16-18,21-23H2,1-4H3,(H,38,41)/b9-5+/t24-,25+,27-,30+,33-,36-/m0/s1. The minimum atomic E-state index is -4.09. The molecule has 2 aliphatic carbocycles. The van der Waals surface area contributed by atoms with Crippen LogP contribution in [0.1, 0.15) is 57.1 Å². The topological polar surface area (TPSA) is 88.2 Å². The SMILES string of the molecule is C[C@H]1C/C=C/[C@H](OCCN(C)C)[C@@H]2CC[C@H]2CN2C[C@@]3(CCCc4cc(Cl)ccc43)COc3ccc(cc32)S(=O)(=O)NC(=O)[C@@H]1C. The molecule has 2 bridgehead atoms. The number of nitrogens with zero attached hydrogens (tertiary/aromatic N) is 2. The van der Waals surface area contributed by atoms with Gasteiger partial charge in [-0.1, -0.05) is 43.7 Å². The van der Waals surface area contributed by atoms with E-state index in [2.05, 4.69) is 52.9 Å². The number of likely N-dealkylation sites (N-methyl/N-ethyl adjacent to an activating group) is 1. The minimum Gasteiger partial charge on any atom is -0.490 e. The van der Waals surface area contributed by atoms with Gasteiger partial charge in [0, 0.05) is 36.0 Å². The van der Waals surface area contributed by atoms with Gasteiger partial charge in [-0.05, 0) is 112 Å². The number of carbonyl (C=O) groups excluding carboxylic acids is 1. The van der Waals surface area contributed by atoms with E-state index in [0.717, 1.165) is 55.9 Å². The third kappa shape index (κ3) is 6.84. The molecule has 1 spiro atoms. The van der Waals surface area contributed by atoms with Crippen LogP contribution in [-0.4, -0.2) is 72.3 Å². The zero-order valence-electron chi connectivity index (χ0n) is 27.5. The molecule has 4 aliphatic rings. The van der Waals surface area contributed by atoms with Crippen molar-refractivity contribution in [2.75, 3.05) is 51.8 Å². The molecule has 1 saturated carbocycles. The van der Waals surface area contributed by atoms with Crippen LogP contribution in [0.15, 0.2) is 53.4 Å². The van der Waals surface area contributed by atoms with Gasteiger partial charge in [-0.15, -0.1) is 0 Å². The molecule has 2 heterocycles. The highest BCUT2D eigenvalue weighted by Crippen LogP contribution is 2.47. The van der Waals surface area contributed by atoms with Crippen LogP contribution in [0.2, 0.25) is 5.02 Å². The molecule has 10 heteroatoms. The van der Waals surface area contributed by atoms with Crippen LogP contribution in [-0.2, 0) is 31.4 Å². The highest BCUT2D eigenvalue weighted by molar-refractivity contribution is 7.90. The Balaban J connectivity index is 1.41. The van der Waals surface area contributed by atoms with E-state index in [1.54, 1.807) is 25.1 Å². The summed E-state index contributed by atoms with van der Waals surface area (Å²) in [5.74, 6) is 0.354. The first-order chi connectivity index (χ1) is 22.0. The van der Waals surface area contributed by atoms with Gasteiger partial charge in [0.2, 0.25) is 5.91 Å². The quantitative estimate of drug-likeness (QED) is 0.411. The number of fused-ring (bicyclic) bond motifs is 4. The molecule has 250 valence electrons. The lowest BCUT2D eigenvalue weighted by Gasteiger charge is -2.46. The Hall–Kier alpha value is -2.59. The first-order valence-corrected chi connectivity index (χ1v) is 18.6. The van der Waals surface area contributed by atoms with Crippen molar-refractivity contribution in [2.24, 2.45) is 23.7 Å². The van der Waals surface area contributed by atoms with E-state index in [9.17, 15) is 13.2 Å². The predicted molar refractivity (Wildman–Crippen MR) is 182 cm³/mol. The number of hydrogen-bond acceptors (Lipinski definition) is 7. The number of rotatable bonds is 4. The maximum Gasteiger partial charge on any atom is 0.264 e. The Labute approximate surface area is 279 Å². The summed E-state index contributed by atoms with van der Waals surface area (Å²) in [6, 6.07) is 11.2. The van der Waals surface area contributed by atoms with Crippen LogP contribution in [0.3, 0.4) is 0 Å². The first-order valence-electron chi connectivity index (χ1n) is 16.8. The van der Waals surface area contributed by atoms with E-state index in [1.807, 2.05) is 13.0 Å². The van der Waals surface area contributed by atoms with Crippen molar-refractivity contribution in [3.8, 4) is 5.75 Å². The number of aryl methyl sites for hydroxylation is 1. The Morgan fingerprint density at radius 2 is 1.98 bits per heavy atom. The molecule has 6 rings (SSSR count). The summed E-state index contributed by atoms with van der Waals surface area (Å²) in [6.07, 6.45) is 10.1. The lowest BCUT2D eigenvalue weighted by atomic mass is 9.68. The highest BCUT2D eigenvalue weighted by Gasteiger charge is 2.44. The Kier molecular flexibility index (Phi) is 9.77. The van der Waals surface area contributed by atoms with Gasteiger partial charge in [-0.25, -0.2) is 13.1 Å². The number of carbonyl (C=O) groups is 1. The molecule has 46 heavy (non-hydrogen) atoms. The zero-order chi connectivity index (χ0) is 32.6. The summed E-state index contributed by atoms with van der Waals surface area (Å²) < 4.78 is 42.7.